The fourth-order valence-electron chi connectivity index (χ4n) is 2.84. The largest absolute Gasteiger partial charge is 0.348 e. The van der Waals surface area contributed by atoms with Crippen molar-refractivity contribution >= 4 is 28.3 Å². The van der Waals surface area contributed by atoms with Crippen molar-refractivity contribution in [3.8, 4) is 0 Å². The van der Waals surface area contributed by atoms with Gasteiger partial charge in [-0.3, -0.25) is 4.79 Å². The molecule has 1 heterocycles. The summed E-state index contributed by atoms with van der Waals surface area (Å²) in [6.45, 7) is 8.44. The van der Waals surface area contributed by atoms with Crippen molar-refractivity contribution < 1.29 is 13.2 Å². The minimum Gasteiger partial charge on any atom is -0.348 e. The summed E-state index contributed by atoms with van der Waals surface area (Å²) in [7, 11) is -3.58. The van der Waals surface area contributed by atoms with E-state index in [2.05, 4.69) is 16.7 Å². The van der Waals surface area contributed by atoms with Crippen LogP contribution >= 0.6 is 12.4 Å². The molecular weight excluding hydrogens is 374 g/mol. The highest BCUT2D eigenvalue weighted by Crippen LogP contribution is 2.19. The van der Waals surface area contributed by atoms with Gasteiger partial charge in [-0.25, -0.2) is 8.42 Å². The van der Waals surface area contributed by atoms with Gasteiger partial charge in [0.2, 0.25) is 10.0 Å². The Morgan fingerprint density at radius 2 is 1.96 bits per heavy atom. The normalized spacial score (nSPS) is 14.5. The van der Waals surface area contributed by atoms with Crippen LogP contribution in [0.4, 0.5) is 0 Å². The van der Waals surface area contributed by atoms with Crippen LogP contribution in [0.2, 0.25) is 0 Å². The molecule has 1 aliphatic heterocycles. The van der Waals surface area contributed by atoms with Crippen molar-refractivity contribution in [3.63, 3.8) is 0 Å². The summed E-state index contributed by atoms with van der Waals surface area (Å²) in [4.78, 5) is 12.7. The van der Waals surface area contributed by atoms with Gasteiger partial charge in [-0.15, -0.1) is 12.4 Å². The number of carbonyl (C=O) groups excluding carboxylic acids is 1. The summed E-state index contributed by atoms with van der Waals surface area (Å²) in [5.41, 5.74) is 2.36. The second-order valence-corrected chi connectivity index (χ2v) is 8.00. The number of hydrogen-bond acceptors (Lipinski definition) is 4. The highest BCUT2D eigenvalue weighted by molar-refractivity contribution is 7.89. The van der Waals surface area contributed by atoms with Crippen LogP contribution < -0.4 is 10.6 Å². The average molecular weight is 402 g/mol. The summed E-state index contributed by atoms with van der Waals surface area (Å²) in [6.07, 6.45) is 2.99. The van der Waals surface area contributed by atoms with Gasteiger partial charge in [-0.1, -0.05) is 31.6 Å². The SMILES string of the molecule is CCN(CC)S(=O)(=O)c1ccc(C)c(C(=O)NCC2=CCNCC2)c1.Cl. The first kappa shape index (κ1) is 22.6. The van der Waals surface area contributed by atoms with Crippen LogP contribution in [0, 0.1) is 6.92 Å². The van der Waals surface area contributed by atoms with Gasteiger partial charge in [0.05, 0.1) is 4.90 Å². The Morgan fingerprint density at radius 3 is 2.54 bits per heavy atom. The lowest BCUT2D eigenvalue weighted by atomic mass is 10.1. The predicted molar refractivity (Wildman–Crippen MR) is 106 cm³/mol. The van der Waals surface area contributed by atoms with Crippen LogP contribution in [0.15, 0.2) is 34.7 Å². The van der Waals surface area contributed by atoms with Gasteiger partial charge in [-0.05, 0) is 37.6 Å². The number of sulfonamides is 1. The molecule has 8 heteroatoms. The van der Waals surface area contributed by atoms with E-state index in [0.717, 1.165) is 25.1 Å². The van der Waals surface area contributed by atoms with Gasteiger partial charge in [0, 0.05) is 31.7 Å². The molecule has 0 aliphatic carbocycles. The van der Waals surface area contributed by atoms with Crippen molar-refractivity contribution in [2.75, 3.05) is 32.7 Å². The van der Waals surface area contributed by atoms with Crippen molar-refractivity contribution in [2.24, 2.45) is 0 Å². The van der Waals surface area contributed by atoms with Crippen LogP contribution in [-0.2, 0) is 10.0 Å². The summed E-state index contributed by atoms with van der Waals surface area (Å²) < 4.78 is 26.7. The summed E-state index contributed by atoms with van der Waals surface area (Å²) in [5, 5.41) is 6.13. The molecule has 0 unspecified atom stereocenters. The zero-order valence-corrected chi connectivity index (χ0v) is 17.2. The molecule has 0 saturated heterocycles. The van der Waals surface area contributed by atoms with Gasteiger partial charge in [-0.2, -0.15) is 4.31 Å². The quantitative estimate of drug-likeness (QED) is 0.686. The maximum absolute atomic E-state index is 12.7. The van der Waals surface area contributed by atoms with E-state index in [0.29, 0.717) is 25.2 Å². The van der Waals surface area contributed by atoms with E-state index in [1.807, 2.05) is 6.92 Å². The zero-order chi connectivity index (χ0) is 18.4. The number of aryl methyl sites for hydroxylation is 1. The van der Waals surface area contributed by atoms with E-state index in [-0.39, 0.29) is 23.2 Å². The monoisotopic (exact) mass is 401 g/mol. The standard InChI is InChI=1S/C18H27N3O3S.ClH/c1-4-21(5-2)25(23,24)16-7-6-14(3)17(12-16)18(22)20-13-15-8-10-19-11-9-15;/h6-8,12,19H,4-5,9-11,13H2,1-3H3,(H,20,22);1H. The third kappa shape index (κ3) is 5.30. The van der Waals surface area contributed by atoms with E-state index in [1.54, 1.807) is 26.0 Å². The van der Waals surface area contributed by atoms with E-state index >= 15 is 0 Å². The molecule has 0 radical (unpaired) electrons. The molecule has 0 bridgehead atoms. The molecule has 0 spiro atoms. The second-order valence-electron chi connectivity index (χ2n) is 6.07. The Morgan fingerprint density at radius 1 is 1.27 bits per heavy atom. The lowest BCUT2D eigenvalue weighted by molar-refractivity contribution is 0.0956. The molecule has 1 aliphatic rings. The van der Waals surface area contributed by atoms with Gasteiger partial charge >= 0.3 is 0 Å². The third-order valence-corrected chi connectivity index (χ3v) is 6.48. The predicted octanol–water partition coefficient (Wildman–Crippen LogP) is 2.10. The maximum atomic E-state index is 12.7. The molecular formula is C18H28ClN3O3S. The highest BCUT2D eigenvalue weighted by Gasteiger charge is 2.23. The first-order chi connectivity index (χ1) is 11.9. The molecule has 146 valence electrons. The van der Waals surface area contributed by atoms with Crippen molar-refractivity contribution in [1.29, 1.82) is 0 Å². The molecule has 1 amide bonds. The topological polar surface area (TPSA) is 78.5 Å². The average Bonchev–Trinajstić information content (AvgIpc) is 2.61. The Bertz CT molecular complexity index is 759. The molecule has 0 saturated carbocycles. The number of nitrogens with zero attached hydrogens (tertiary/aromatic N) is 1. The maximum Gasteiger partial charge on any atom is 0.251 e. The Balaban J connectivity index is 0.00000338. The molecule has 6 nitrogen and oxygen atoms in total. The number of hydrogen-bond donors (Lipinski definition) is 2. The van der Waals surface area contributed by atoms with Crippen LogP contribution in [0.25, 0.3) is 0 Å². The summed E-state index contributed by atoms with van der Waals surface area (Å²) in [5.74, 6) is -0.242. The number of halogens is 1. The van der Waals surface area contributed by atoms with E-state index in [4.69, 9.17) is 0 Å². The second kappa shape index (κ2) is 10.1. The van der Waals surface area contributed by atoms with Gasteiger partial charge in [0.15, 0.2) is 0 Å². The number of benzene rings is 1. The molecule has 2 N–H and O–H groups in total. The van der Waals surface area contributed by atoms with Crippen molar-refractivity contribution in [2.45, 2.75) is 32.1 Å². The minimum absolute atomic E-state index is 0. The number of rotatable bonds is 7. The first-order valence-corrected chi connectivity index (χ1v) is 10.1. The van der Waals surface area contributed by atoms with Gasteiger partial charge in [0.1, 0.15) is 0 Å². The van der Waals surface area contributed by atoms with E-state index in [1.165, 1.54) is 15.9 Å². The fraction of sp³-hybridized carbons (Fsp3) is 0.500. The highest BCUT2D eigenvalue weighted by atomic mass is 35.5. The van der Waals surface area contributed by atoms with Crippen LogP contribution in [0.3, 0.4) is 0 Å². The fourth-order valence-corrected chi connectivity index (χ4v) is 4.32. The van der Waals surface area contributed by atoms with Crippen LogP contribution in [0.1, 0.15) is 36.2 Å². The van der Waals surface area contributed by atoms with E-state index < -0.39 is 10.0 Å². The molecule has 0 fully saturated rings. The molecule has 1 aromatic rings. The van der Waals surface area contributed by atoms with Crippen molar-refractivity contribution in [3.05, 3.63) is 41.0 Å². The molecule has 1 aromatic carbocycles. The zero-order valence-electron chi connectivity index (χ0n) is 15.5. The Kier molecular flexibility index (Phi) is 8.76. The Labute approximate surface area is 162 Å². The van der Waals surface area contributed by atoms with Crippen molar-refractivity contribution in [1.82, 2.24) is 14.9 Å². The molecule has 0 atom stereocenters. The Hall–Kier alpha value is -1.41. The smallest absolute Gasteiger partial charge is 0.251 e. The number of carbonyl (C=O) groups is 1. The van der Waals surface area contributed by atoms with Crippen LogP contribution in [-0.4, -0.2) is 51.4 Å². The molecule has 2 rings (SSSR count). The summed E-state index contributed by atoms with van der Waals surface area (Å²) in [6, 6.07) is 4.74. The minimum atomic E-state index is -3.58. The lowest BCUT2D eigenvalue weighted by Crippen LogP contribution is -2.32. The van der Waals surface area contributed by atoms with Gasteiger partial charge in [0.25, 0.3) is 5.91 Å². The lowest BCUT2D eigenvalue weighted by Gasteiger charge is -2.19. The number of amides is 1. The van der Waals surface area contributed by atoms with E-state index in [9.17, 15) is 13.2 Å². The van der Waals surface area contributed by atoms with Crippen LogP contribution in [0.5, 0.6) is 0 Å². The van der Waals surface area contributed by atoms with Gasteiger partial charge < -0.3 is 10.6 Å². The first-order valence-electron chi connectivity index (χ1n) is 8.67. The third-order valence-electron chi connectivity index (χ3n) is 4.43. The molecule has 0 aromatic heterocycles. The number of nitrogens with one attached hydrogen (secondary N) is 2. The molecule has 26 heavy (non-hydrogen) atoms. The summed E-state index contributed by atoms with van der Waals surface area (Å²) >= 11 is 0.